The van der Waals surface area contributed by atoms with E-state index in [0.29, 0.717) is 17.9 Å². The first kappa shape index (κ1) is 9.04. The van der Waals surface area contributed by atoms with E-state index in [-0.39, 0.29) is 6.54 Å². The molecule has 2 aromatic rings. The van der Waals surface area contributed by atoms with Gasteiger partial charge in [-0.3, -0.25) is 0 Å². The number of nitrogens with two attached hydrogens (primary N) is 1. The zero-order chi connectivity index (χ0) is 9.97. The first-order chi connectivity index (χ1) is 6.79. The molecule has 6 heteroatoms. The van der Waals surface area contributed by atoms with Crippen molar-refractivity contribution in [3.05, 3.63) is 18.3 Å². The number of imidazole rings is 1. The molecule has 2 rings (SSSR count). The maximum absolute atomic E-state index is 9.32. The van der Waals surface area contributed by atoms with Crippen molar-refractivity contribution in [1.82, 2.24) is 19.9 Å². The molecular weight excluding hydrogens is 182 g/mol. The third kappa shape index (κ3) is 1.70. The Hall–Kier alpha value is -1.53. The molecule has 0 bridgehead atoms. The van der Waals surface area contributed by atoms with Gasteiger partial charge in [0, 0.05) is 13.0 Å². The third-order valence-electron chi connectivity index (χ3n) is 1.91. The Labute approximate surface area is 80.2 Å². The molecule has 1 unspecified atom stereocenters. The van der Waals surface area contributed by atoms with Crippen molar-refractivity contribution in [2.24, 2.45) is 5.73 Å². The van der Waals surface area contributed by atoms with Gasteiger partial charge in [0.1, 0.15) is 17.7 Å². The molecule has 0 aliphatic rings. The van der Waals surface area contributed by atoms with Crippen LogP contribution in [0.4, 0.5) is 0 Å². The Morgan fingerprint density at radius 1 is 1.57 bits per heavy atom. The second kappa shape index (κ2) is 3.69. The average molecular weight is 193 g/mol. The highest BCUT2D eigenvalue weighted by atomic mass is 16.3. The SMILES string of the molecule is NCC(O)Cc1nc2ncncc2[nH]1. The smallest absolute Gasteiger partial charge is 0.180 e. The molecule has 0 aromatic carbocycles. The van der Waals surface area contributed by atoms with Crippen LogP contribution in [0.1, 0.15) is 5.82 Å². The van der Waals surface area contributed by atoms with Crippen LogP contribution in [-0.4, -0.2) is 37.7 Å². The standard InChI is InChI=1S/C8H11N5O/c9-2-5(14)1-7-12-6-3-10-4-11-8(6)13-7/h3-5,14H,1-2,9H2,(H,10,11,12,13). The van der Waals surface area contributed by atoms with Crippen LogP contribution in [0.5, 0.6) is 0 Å². The second-order valence-corrected chi connectivity index (χ2v) is 3.04. The van der Waals surface area contributed by atoms with E-state index < -0.39 is 6.10 Å². The predicted octanol–water partition coefficient (Wildman–Crippen LogP) is -0.785. The van der Waals surface area contributed by atoms with Crippen LogP contribution in [-0.2, 0) is 6.42 Å². The van der Waals surface area contributed by atoms with Gasteiger partial charge in [-0.25, -0.2) is 15.0 Å². The van der Waals surface area contributed by atoms with Gasteiger partial charge < -0.3 is 15.8 Å². The molecule has 0 amide bonds. The summed E-state index contributed by atoms with van der Waals surface area (Å²) in [6.45, 7) is 0.225. The van der Waals surface area contributed by atoms with Gasteiger partial charge in [0.05, 0.1) is 12.3 Å². The summed E-state index contributed by atoms with van der Waals surface area (Å²) < 4.78 is 0. The minimum atomic E-state index is -0.566. The largest absolute Gasteiger partial charge is 0.391 e. The average Bonchev–Trinajstić information content (AvgIpc) is 2.59. The fraction of sp³-hybridized carbons (Fsp3) is 0.375. The van der Waals surface area contributed by atoms with Crippen LogP contribution in [0.2, 0.25) is 0 Å². The van der Waals surface area contributed by atoms with Crippen molar-refractivity contribution < 1.29 is 5.11 Å². The normalized spacial score (nSPS) is 13.3. The summed E-state index contributed by atoms with van der Waals surface area (Å²) in [6, 6.07) is 0. The highest BCUT2D eigenvalue weighted by Gasteiger charge is 2.07. The van der Waals surface area contributed by atoms with Crippen molar-refractivity contribution in [2.45, 2.75) is 12.5 Å². The monoisotopic (exact) mass is 193 g/mol. The maximum atomic E-state index is 9.32. The highest BCUT2D eigenvalue weighted by Crippen LogP contribution is 2.07. The van der Waals surface area contributed by atoms with Gasteiger partial charge in [-0.15, -0.1) is 0 Å². The maximum Gasteiger partial charge on any atom is 0.180 e. The summed E-state index contributed by atoms with van der Waals surface area (Å²) in [5.41, 5.74) is 6.67. The molecule has 4 N–H and O–H groups in total. The molecule has 0 saturated heterocycles. The molecule has 0 fully saturated rings. The van der Waals surface area contributed by atoms with Gasteiger partial charge in [0.2, 0.25) is 0 Å². The summed E-state index contributed by atoms with van der Waals surface area (Å²) in [5.74, 6) is 0.679. The lowest BCUT2D eigenvalue weighted by molar-refractivity contribution is 0.181. The number of hydrogen-bond donors (Lipinski definition) is 3. The number of rotatable bonds is 3. The molecule has 6 nitrogen and oxygen atoms in total. The van der Waals surface area contributed by atoms with E-state index in [2.05, 4.69) is 19.9 Å². The van der Waals surface area contributed by atoms with Gasteiger partial charge in [-0.1, -0.05) is 0 Å². The molecule has 0 radical (unpaired) electrons. The molecule has 0 spiro atoms. The van der Waals surface area contributed by atoms with Crippen LogP contribution in [0.25, 0.3) is 11.2 Å². The van der Waals surface area contributed by atoms with E-state index in [1.54, 1.807) is 6.20 Å². The van der Waals surface area contributed by atoms with E-state index in [1.807, 2.05) is 0 Å². The van der Waals surface area contributed by atoms with E-state index in [9.17, 15) is 5.11 Å². The second-order valence-electron chi connectivity index (χ2n) is 3.04. The molecule has 0 aliphatic carbocycles. The Kier molecular flexibility index (Phi) is 2.38. The van der Waals surface area contributed by atoms with Crippen molar-refractivity contribution >= 4 is 11.2 Å². The lowest BCUT2D eigenvalue weighted by Crippen LogP contribution is -2.22. The van der Waals surface area contributed by atoms with Crippen LogP contribution >= 0.6 is 0 Å². The zero-order valence-corrected chi connectivity index (χ0v) is 7.51. The van der Waals surface area contributed by atoms with Crippen molar-refractivity contribution in [3.8, 4) is 0 Å². The van der Waals surface area contributed by atoms with E-state index in [0.717, 1.165) is 5.52 Å². The van der Waals surface area contributed by atoms with Crippen LogP contribution in [0.3, 0.4) is 0 Å². The topological polar surface area (TPSA) is 101 Å². The van der Waals surface area contributed by atoms with E-state index in [4.69, 9.17) is 5.73 Å². The molecule has 14 heavy (non-hydrogen) atoms. The Morgan fingerprint density at radius 2 is 2.43 bits per heavy atom. The van der Waals surface area contributed by atoms with Crippen LogP contribution < -0.4 is 5.73 Å². The Bertz CT molecular complexity index is 393. The summed E-state index contributed by atoms with van der Waals surface area (Å²) in [5, 5.41) is 9.32. The van der Waals surface area contributed by atoms with Gasteiger partial charge in [-0.2, -0.15) is 0 Å². The number of fused-ring (bicyclic) bond motifs is 1. The number of nitrogens with one attached hydrogen (secondary N) is 1. The molecule has 2 heterocycles. The van der Waals surface area contributed by atoms with Crippen LogP contribution in [0.15, 0.2) is 12.5 Å². The number of aromatic nitrogens is 4. The quantitative estimate of drug-likeness (QED) is 0.593. The molecular formula is C8H11N5O. The molecule has 74 valence electrons. The van der Waals surface area contributed by atoms with Crippen LogP contribution in [0, 0.1) is 0 Å². The lowest BCUT2D eigenvalue weighted by atomic mass is 10.2. The predicted molar refractivity (Wildman–Crippen MR) is 50.4 cm³/mol. The number of nitrogens with zero attached hydrogens (tertiary/aromatic N) is 3. The minimum absolute atomic E-state index is 0.225. The minimum Gasteiger partial charge on any atom is -0.391 e. The van der Waals surface area contributed by atoms with Gasteiger partial charge in [0.25, 0.3) is 0 Å². The zero-order valence-electron chi connectivity index (χ0n) is 7.51. The van der Waals surface area contributed by atoms with Gasteiger partial charge in [-0.05, 0) is 0 Å². The van der Waals surface area contributed by atoms with Gasteiger partial charge >= 0.3 is 0 Å². The summed E-state index contributed by atoms with van der Waals surface area (Å²) in [6.07, 6.45) is 2.93. The van der Waals surface area contributed by atoms with Crippen molar-refractivity contribution in [1.29, 1.82) is 0 Å². The van der Waals surface area contributed by atoms with Crippen molar-refractivity contribution in [3.63, 3.8) is 0 Å². The number of H-pyrrole nitrogens is 1. The number of aromatic amines is 1. The van der Waals surface area contributed by atoms with E-state index >= 15 is 0 Å². The highest BCUT2D eigenvalue weighted by molar-refractivity contribution is 5.68. The van der Waals surface area contributed by atoms with E-state index in [1.165, 1.54) is 6.33 Å². The Morgan fingerprint density at radius 3 is 3.14 bits per heavy atom. The van der Waals surface area contributed by atoms with Crippen molar-refractivity contribution in [2.75, 3.05) is 6.54 Å². The fourth-order valence-corrected chi connectivity index (χ4v) is 1.21. The number of aliphatic hydroxyl groups excluding tert-OH is 1. The fourth-order valence-electron chi connectivity index (χ4n) is 1.21. The summed E-state index contributed by atoms with van der Waals surface area (Å²) >= 11 is 0. The summed E-state index contributed by atoms with van der Waals surface area (Å²) in [7, 11) is 0. The molecule has 1 atom stereocenters. The lowest BCUT2D eigenvalue weighted by Gasteiger charge is -2.02. The number of hydrogen-bond acceptors (Lipinski definition) is 5. The number of aliphatic hydroxyl groups is 1. The molecule has 0 saturated carbocycles. The molecule has 0 aliphatic heterocycles. The third-order valence-corrected chi connectivity index (χ3v) is 1.91. The molecule has 2 aromatic heterocycles. The first-order valence-electron chi connectivity index (χ1n) is 4.32. The summed E-state index contributed by atoms with van der Waals surface area (Å²) in [4.78, 5) is 15.0. The van der Waals surface area contributed by atoms with Gasteiger partial charge in [0.15, 0.2) is 5.65 Å². The Balaban J connectivity index is 2.27. The first-order valence-corrected chi connectivity index (χ1v) is 4.32.